The second kappa shape index (κ2) is 7.10. The van der Waals surface area contributed by atoms with Crippen molar-refractivity contribution >= 4 is 46.0 Å². The van der Waals surface area contributed by atoms with Crippen molar-refractivity contribution < 1.29 is 14.3 Å². The Balaban J connectivity index is 2.14. The number of anilines is 2. The van der Waals surface area contributed by atoms with Crippen LogP contribution in [0.2, 0.25) is 0 Å². The molecule has 2 aromatic heterocycles. The molecule has 0 spiro atoms. The van der Waals surface area contributed by atoms with Gasteiger partial charge in [0.05, 0.1) is 10.6 Å². The molecule has 0 saturated carbocycles. The highest BCUT2D eigenvalue weighted by Crippen LogP contribution is 2.36. The minimum atomic E-state index is -0.370. The lowest BCUT2D eigenvalue weighted by atomic mass is 9.94. The Morgan fingerprint density at radius 3 is 2.65 bits per heavy atom. The number of ether oxygens (including phenoxy) is 1. The molecule has 23 heavy (non-hydrogen) atoms. The first-order valence-corrected chi connectivity index (χ1v) is 8.62. The molecule has 0 atom stereocenters. The maximum Gasteiger partial charge on any atom is 0.325 e. The molecule has 0 unspecified atom stereocenters. The zero-order valence-electron chi connectivity index (χ0n) is 13.4. The van der Waals surface area contributed by atoms with Crippen molar-refractivity contribution in [2.24, 2.45) is 0 Å². The van der Waals surface area contributed by atoms with Crippen molar-refractivity contribution in [2.75, 3.05) is 10.6 Å². The number of nitrogens with one attached hydrogen (secondary N) is 2. The number of aryl methyl sites for hydroxylation is 1. The van der Waals surface area contributed by atoms with E-state index in [2.05, 4.69) is 36.4 Å². The van der Waals surface area contributed by atoms with Gasteiger partial charge in [-0.2, -0.15) is 0 Å². The molecule has 2 N–H and O–H groups in total. The summed E-state index contributed by atoms with van der Waals surface area (Å²) in [5, 5.41) is 6.03. The second-order valence-electron chi connectivity index (χ2n) is 5.96. The smallest absolute Gasteiger partial charge is 0.325 e. The molecule has 0 aliphatic rings. The molecule has 124 valence electrons. The summed E-state index contributed by atoms with van der Waals surface area (Å²) in [4.78, 5) is 29.6. The van der Waals surface area contributed by atoms with Gasteiger partial charge >= 0.3 is 6.03 Å². The van der Waals surface area contributed by atoms with Crippen molar-refractivity contribution in [1.82, 2.24) is 4.98 Å². The Morgan fingerprint density at radius 1 is 1.35 bits per heavy atom. The first-order valence-electron chi connectivity index (χ1n) is 6.98. The molecule has 0 bridgehead atoms. The lowest BCUT2D eigenvalue weighted by molar-refractivity contribution is -0.129. The van der Waals surface area contributed by atoms with Gasteiger partial charge in [0.15, 0.2) is 5.13 Å². The molecule has 2 amide bonds. The summed E-state index contributed by atoms with van der Waals surface area (Å²) in [5.74, 6) is 0. The van der Waals surface area contributed by atoms with Crippen molar-refractivity contribution in [3.63, 3.8) is 0 Å². The van der Waals surface area contributed by atoms with Gasteiger partial charge in [0, 0.05) is 16.0 Å². The van der Waals surface area contributed by atoms with Crippen LogP contribution in [0.4, 0.5) is 15.6 Å². The van der Waals surface area contributed by atoms with Crippen molar-refractivity contribution in [1.29, 1.82) is 0 Å². The summed E-state index contributed by atoms with van der Waals surface area (Å²) in [5.41, 5.74) is 0.594. The molecule has 0 aromatic carbocycles. The predicted octanol–water partition coefficient (Wildman–Crippen LogP) is 4.13. The van der Waals surface area contributed by atoms with Gasteiger partial charge in [-0.15, -0.1) is 22.7 Å². The van der Waals surface area contributed by atoms with Crippen LogP contribution in [0, 0.1) is 6.92 Å². The predicted molar refractivity (Wildman–Crippen MR) is 93.4 cm³/mol. The van der Waals surface area contributed by atoms with E-state index in [-0.39, 0.29) is 18.1 Å². The topological polar surface area (TPSA) is 80.3 Å². The zero-order valence-corrected chi connectivity index (χ0v) is 15.1. The van der Waals surface area contributed by atoms with Crippen LogP contribution >= 0.6 is 22.7 Å². The van der Waals surface area contributed by atoms with Crippen LogP contribution in [0.25, 0.3) is 0 Å². The Kier molecular flexibility index (Phi) is 5.38. The van der Waals surface area contributed by atoms with Crippen LogP contribution in [0.3, 0.4) is 0 Å². The van der Waals surface area contributed by atoms with Crippen LogP contribution in [-0.4, -0.2) is 17.5 Å². The number of hydrogen-bond acceptors (Lipinski definition) is 6. The molecule has 8 heteroatoms. The molecule has 2 aromatic rings. The van der Waals surface area contributed by atoms with Gasteiger partial charge in [-0.1, -0.05) is 20.8 Å². The summed E-state index contributed by atoms with van der Waals surface area (Å²) in [7, 11) is 0. The Hall–Kier alpha value is -1.93. The van der Waals surface area contributed by atoms with Gasteiger partial charge in [0.25, 0.3) is 6.47 Å². The molecule has 0 aliphatic carbocycles. The van der Waals surface area contributed by atoms with E-state index in [0.29, 0.717) is 17.3 Å². The highest BCUT2D eigenvalue weighted by Gasteiger charge is 2.21. The fourth-order valence-corrected chi connectivity index (χ4v) is 3.54. The number of nitrogens with zero attached hydrogens (tertiary/aromatic N) is 1. The van der Waals surface area contributed by atoms with Gasteiger partial charge in [-0.05, 0) is 18.4 Å². The van der Waals surface area contributed by atoms with Gasteiger partial charge in [-0.3, -0.25) is 10.1 Å². The van der Waals surface area contributed by atoms with E-state index in [4.69, 9.17) is 4.74 Å². The average Bonchev–Trinajstić information content (AvgIpc) is 3.02. The molecule has 0 aliphatic heterocycles. The molecule has 0 fully saturated rings. The van der Waals surface area contributed by atoms with E-state index in [9.17, 15) is 9.59 Å². The van der Waals surface area contributed by atoms with E-state index in [1.165, 1.54) is 22.7 Å². The monoisotopic (exact) mass is 353 g/mol. The number of rotatable bonds is 5. The van der Waals surface area contributed by atoms with Crippen LogP contribution in [0.1, 0.15) is 35.4 Å². The first-order chi connectivity index (χ1) is 10.8. The van der Waals surface area contributed by atoms with E-state index in [1.54, 1.807) is 6.20 Å². The van der Waals surface area contributed by atoms with Crippen LogP contribution < -0.4 is 10.6 Å². The molecule has 0 radical (unpaired) electrons. The molecular weight excluding hydrogens is 334 g/mol. The third-order valence-electron chi connectivity index (χ3n) is 2.92. The minimum Gasteiger partial charge on any atom is -0.462 e. The number of thiazole rings is 1. The maximum absolute atomic E-state index is 12.1. The number of urea groups is 1. The zero-order chi connectivity index (χ0) is 17.0. The number of aromatic nitrogens is 1. The van der Waals surface area contributed by atoms with E-state index in [1.807, 2.05) is 13.0 Å². The summed E-state index contributed by atoms with van der Waals surface area (Å²) in [6, 6.07) is 1.55. The number of hydrogen-bond donors (Lipinski definition) is 2. The summed E-state index contributed by atoms with van der Waals surface area (Å²) in [6.07, 6.45) is 1.70. The third-order valence-corrected chi connectivity index (χ3v) is 5.28. The number of thiophene rings is 1. The molecule has 2 heterocycles. The fourth-order valence-electron chi connectivity index (χ4n) is 1.78. The van der Waals surface area contributed by atoms with Gasteiger partial charge in [0.1, 0.15) is 6.61 Å². The average molecular weight is 353 g/mol. The second-order valence-corrected chi connectivity index (χ2v) is 8.33. The van der Waals surface area contributed by atoms with Gasteiger partial charge in [0.2, 0.25) is 0 Å². The quantitative estimate of drug-likeness (QED) is 0.792. The van der Waals surface area contributed by atoms with Crippen LogP contribution in [-0.2, 0) is 21.6 Å². The van der Waals surface area contributed by atoms with E-state index >= 15 is 0 Å². The SMILES string of the molecule is Cc1cnc(NC(=O)Nc2cc(C(C)(C)C)sc2COC=O)s1. The lowest BCUT2D eigenvalue weighted by Crippen LogP contribution is -2.19. The standard InChI is InChI=1S/C15H19N3O3S2/c1-9-6-16-14(22-9)18-13(20)17-10-5-12(15(2,3)4)23-11(10)7-21-8-19/h5-6,8H,7H2,1-4H3,(H2,16,17,18,20). The minimum absolute atomic E-state index is 0.0522. The lowest BCUT2D eigenvalue weighted by Gasteiger charge is -2.15. The van der Waals surface area contributed by atoms with Gasteiger partial charge < -0.3 is 10.1 Å². The first kappa shape index (κ1) is 17.4. The molecule has 6 nitrogen and oxygen atoms in total. The number of amides is 2. The summed E-state index contributed by atoms with van der Waals surface area (Å²) < 4.78 is 4.84. The maximum atomic E-state index is 12.1. The third kappa shape index (κ3) is 4.77. The fraction of sp³-hybridized carbons (Fsp3) is 0.400. The highest BCUT2D eigenvalue weighted by atomic mass is 32.1. The molecular formula is C15H19N3O3S2. The Labute approximate surface area is 142 Å². The van der Waals surface area contributed by atoms with E-state index < -0.39 is 0 Å². The highest BCUT2D eigenvalue weighted by molar-refractivity contribution is 7.15. The largest absolute Gasteiger partial charge is 0.462 e. The van der Waals surface area contributed by atoms with Crippen molar-refractivity contribution in [2.45, 2.75) is 39.7 Å². The van der Waals surface area contributed by atoms with E-state index in [0.717, 1.165) is 14.6 Å². The molecule has 0 saturated heterocycles. The Morgan fingerprint density at radius 2 is 2.09 bits per heavy atom. The summed E-state index contributed by atoms with van der Waals surface area (Å²) in [6.45, 7) is 8.72. The normalized spacial score (nSPS) is 11.1. The number of carbonyl (C=O) groups excluding carboxylic acids is 2. The van der Waals surface area contributed by atoms with Gasteiger partial charge in [-0.25, -0.2) is 9.78 Å². The summed E-state index contributed by atoms with van der Waals surface area (Å²) >= 11 is 2.92. The van der Waals surface area contributed by atoms with Crippen LogP contribution in [0.5, 0.6) is 0 Å². The van der Waals surface area contributed by atoms with Crippen molar-refractivity contribution in [3.8, 4) is 0 Å². The van der Waals surface area contributed by atoms with Crippen LogP contribution in [0.15, 0.2) is 12.3 Å². The van der Waals surface area contributed by atoms with Crippen molar-refractivity contribution in [3.05, 3.63) is 26.9 Å². The molecule has 2 rings (SSSR count). The number of carbonyl (C=O) groups is 2. The Bertz CT molecular complexity index is 701.